The van der Waals surface area contributed by atoms with Gasteiger partial charge in [-0.1, -0.05) is 11.6 Å². The van der Waals surface area contributed by atoms with Gasteiger partial charge in [-0.05, 0) is 25.1 Å². The summed E-state index contributed by atoms with van der Waals surface area (Å²) in [7, 11) is -2.71. The number of carbonyl (C=O) groups is 1. The van der Waals surface area contributed by atoms with Crippen molar-refractivity contribution in [2.75, 3.05) is 7.11 Å². The summed E-state index contributed by atoms with van der Waals surface area (Å²) < 4.78 is 43.5. The molecule has 1 aromatic rings. The molecule has 0 saturated carbocycles. The van der Waals surface area contributed by atoms with Gasteiger partial charge in [0.15, 0.2) is 0 Å². The number of halogens is 2. The van der Waals surface area contributed by atoms with Gasteiger partial charge < -0.3 is 4.74 Å². The van der Waals surface area contributed by atoms with Crippen molar-refractivity contribution >= 4 is 27.6 Å². The minimum atomic E-state index is -3.92. The predicted molar refractivity (Wildman–Crippen MR) is 67.8 cm³/mol. The Hall–Kier alpha value is -1.18. The molecule has 0 aliphatic carbocycles. The van der Waals surface area contributed by atoms with Crippen molar-refractivity contribution in [3.63, 3.8) is 0 Å². The van der Waals surface area contributed by atoms with Gasteiger partial charge in [0.2, 0.25) is 10.0 Å². The molecule has 1 rings (SSSR count). The summed E-state index contributed by atoms with van der Waals surface area (Å²) in [5.41, 5.74) is 0. The highest BCUT2D eigenvalue weighted by Crippen LogP contribution is 2.22. The molecule has 0 aliphatic heterocycles. The standard InChI is InChI=1S/C11H13ClFNO4S/c1-7(5-11(15)18-2)14-19(16,17)10-4-3-8(13)6-9(10)12/h3-4,6-7,14H,5H2,1-2H3. The topological polar surface area (TPSA) is 72.5 Å². The van der Waals surface area contributed by atoms with Gasteiger partial charge >= 0.3 is 5.97 Å². The fourth-order valence-corrected chi connectivity index (χ4v) is 3.17. The largest absolute Gasteiger partial charge is 0.469 e. The minimum Gasteiger partial charge on any atom is -0.469 e. The van der Waals surface area contributed by atoms with Crippen LogP contribution in [0.3, 0.4) is 0 Å². The number of ether oxygens (including phenoxy) is 1. The number of esters is 1. The van der Waals surface area contributed by atoms with E-state index in [1.807, 2.05) is 0 Å². The van der Waals surface area contributed by atoms with Crippen LogP contribution < -0.4 is 4.72 Å². The number of rotatable bonds is 5. The first-order chi connectivity index (χ1) is 8.76. The first-order valence-electron chi connectivity index (χ1n) is 5.30. The zero-order chi connectivity index (χ0) is 14.6. The van der Waals surface area contributed by atoms with Gasteiger partial charge in [0.25, 0.3) is 0 Å². The molecule has 0 bridgehead atoms. The fraction of sp³-hybridized carbons (Fsp3) is 0.364. The van der Waals surface area contributed by atoms with Crippen LogP contribution in [0.5, 0.6) is 0 Å². The Bertz CT molecular complexity index is 576. The Morgan fingerprint density at radius 3 is 2.68 bits per heavy atom. The first kappa shape index (κ1) is 15.9. The highest BCUT2D eigenvalue weighted by molar-refractivity contribution is 7.89. The Morgan fingerprint density at radius 1 is 1.53 bits per heavy atom. The average Bonchev–Trinajstić information content (AvgIpc) is 2.26. The third kappa shape index (κ3) is 4.45. The van der Waals surface area contributed by atoms with Crippen molar-refractivity contribution in [1.82, 2.24) is 4.72 Å². The van der Waals surface area contributed by atoms with Gasteiger partial charge in [-0.3, -0.25) is 4.79 Å². The number of methoxy groups -OCH3 is 1. The van der Waals surface area contributed by atoms with E-state index in [2.05, 4.69) is 9.46 Å². The van der Waals surface area contributed by atoms with Crippen molar-refractivity contribution in [3.05, 3.63) is 29.0 Å². The molecule has 1 N–H and O–H groups in total. The van der Waals surface area contributed by atoms with Gasteiger partial charge in [0.1, 0.15) is 10.7 Å². The summed E-state index contributed by atoms with van der Waals surface area (Å²) in [6.07, 6.45) is -0.117. The van der Waals surface area contributed by atoms with Crippen molar-refractivity contribution in [3.8, 4) is 0 Å². The maximum absolute atomic E-state index is 12.9. The molecular weight excluding hydrogens is 297 g/mol. The summed E-state index contributed by atoms with van der Waals surface area (Å²) in [4.78, 5) is 10.8. The Labute approximate surface area is 115 Å². The minimum absolute atomic E-state index is 0.117. The molecule has 0 spiro atoms. The maximum atomic E-state index is 12.9. The van der Waals surface area contributed by atoms with Crippen LogP contribution in [0.2, 0.25) is 5.02 Å². The predicted octanol–water partition coefficient (Wildman–Crippen LogP) is 1.71. The highest BCUT2D eigenvalue weighted by atomic mass is 35.5. The van der Waals surface area contributed by atoms with E-state index in [4.69, 9.17) is 11.6 Å². The second-order valence-corrected chi connectivity index (χ2v) is 5.97. The Kier molecular flexibility index (Phi) is 5.28. The fourth-order valence-electron chi connectivity index (χ4n) is 1.40. The summed E-state index contributed by atoms with van der Waals surface area (Å²) in [6, 6.07) is 2.29. The second kappa shape index (κ2) is 6.31. The lowest BCUT2D eigenvalue weighted by Crippen LogP contribution is -2.34. The number of benzene rings is 1. The number of carbonyl (C=O) groups excluding carboxylic acids is 1. The van der Waals surface area contributed by atoms with E-state index in [-0.39, 0.29) is 16.3 Å². The maximum Gasteiger partial charge on any atom is 0.307 e. The quantitative estimate of drug-likeness (QED) is 0.840. The van der Waals surface area contributed by atoms with E-state index in [0.29, 0.717) is 0 Å². The van der Waals surface area contributed by atoms with E-state index in [9.17, 15) is 17.6 Å². The molecule has 106 valence electrons. The second-order valence-electron chi connectivity index (χ2n) is 3.88. The smallest absolute Gasteiger partial charge is 0.307 e. The molecule has 8 heteroatoms. The first-order valence-corrected chi connectivity index (χ1v) is 7.16. The molecule has 0 aromatic heterocycles. The average molecular weight is 310 g/mol. The van der Waals surface area contributed by atoms with E-state index in [1.165, 1.54) is 14.0 Å². The van der Waals surface area contributed by atoms with Gasteiger partial charge in [-0.2, -0.15) is 0 Å². The van der Waals surface area contributed by atoms with Crippen LogP contribution in [-0.4, -0.2) is 27.5 Å². The lowest BCUT2D eigenvalue weighted by Gasteiger charge is -2.13. The van der Waals surface area contributed by atoms with Crippen LogP contribution in [0, 0.1) is 5.82 Å². The van der Waals surface area contributed by atoms with Crippen LogP contribution >= 0.6 is 11.6 Å². The monoisotopic (exact) mass is 309 g/mol. The normalized spacial score (nSPS) is 13.1. The van der Waals surface area contributed by atoms with Crippen LogP contribution in [-0.2, 0) is 19.6 Å². The molecule has 0 radical (unpaired) electrons. The van der Waals surface area contributed by atoms with Gasteiger partial charge in [-0.25, -0.2) is 17.5 Å². The van der Waals surface area contributed by atoms with Crippen LogP contribution in [0.15, 0.2) is 23.1 Å². The van der Waals surface area contributed by atoms with Crippen LogP contribution in [0.25, 0.3) is 0 Å². The number of hydrogen-bond acceptors (Lipinski definition) is 4. The number of sulfonamides is 1. The molecule has 0 saturated heterocycles. The molecule has 0 aliphatic rings. The molecule has 0 heterocycles. The third-order valence-corrected chi connectivity index (χ3v) is 4.31. The molecule has 0 amide bonds. The molecule has 0 fully saturated rings. The zero-order valence-electron chi connectivity index (χ0n) is 10.3. The molecule has 19 heavy (non-hydrogen) atoms. The van der Waals surface area contributed by atoms with Crippen molar-refractivity contribution in [2.24, 2.45) is 0 Å². The van der Waals surface area contributed by atoms with Gasteiger partial charge in [0.05, 0.1) is 18.6 Å². The lowest BCUT2D eigenvalue weighted by molar-refractivity contribution is -0.140. The number of hydrogen-bond donors (Lipinski definition) is 1. The van der Waals surface area contributed by atoms with Crippen molar-refractivity contribution in [1.29, 1.82) is 0 Å². The molecule has 1 atom stereocenters. The third-order valence-electron chi connectivity index (χ3n) is 2.24. The lowest BCUT2D eigenvalue weighted by atomic mass is 10.3. The van der Waals surface area contributed by atoms with Gasteiger partial charge in [0, 0.05) is 6.04 Å². The van der Waals surface area contributed by atoms with Crippen LogP contribution in [0.4, 0.5) is 4.39 Å². The SMILES string of the molecule is COC(=O)CC(C)NS(=O)(=O)c1ccc(F)cc1Cl. The van der Waals surface area contributed by atoms with E-state index < -0.39 is 27.9 Å². The van der Waals surface area contributed by atoms with E-state index >= 15 is 0 Å². The van der Waals surface area contributed by atoms with Crippen molar-refractivity contribution in [2.45, 2.75) is 24.3 Å². The highest BCUT2D eigenvalue weighted by Gasteiger charge is 2.22. The Morgan fingerprint density at radius 2 is 2.16 bits per heavy atom. The van der Waals surface area contributed by atoms with E-state index in [1.54, 1.807) is 0 Å². The molecule has 1 unspecified atom stereocenters. The van der Waals surface area contributed by atoms with Crippen molar-refractivity contribution < 1.29 is 22.3 Å². The van der Waals surface area contributed by atoms with Crippen LogP contribution in [0.1, 0.15) is 13.3 Å². The summed E-state index contributed by atoms with van der Waals surface area (Å²) in [5, 5.41) is -0.224. The summed E-state index contributed by atoms with van der Waals surface area (Å²) in [5.74, 6) is -1.17. The summed E-state index contributed by atoms with van der Waals surface area (Å²) in [6.45, 7) is 1.51. The Balaban J connectivity index is 2.89. The van der Waals surface area contributed by atoms with Gasteiger partial charge in [-0.15, -0.1) is 0 Å². The van der Waals surface area contributed by atoms with E-state index in [0.717, 1.165) is 18.2 Å². The zero-order valence-corrected chi connectivity index (χ0v) is 11.9. The molecular formula is C11H13ClFNO4S. The summed E-state index contributed by atoms with van der Waals surface area (Å²) >= 11 is 5.68. The molecule has 5 nitrogen and oxygen atoms in total. The number of nitrogens with one attached hydrogen (secondary N) is 1. The molecule has 1 aromatic carbocycles.